The van der Waals surface area contributed by atoms with Crippen molar-refractivity contribution in [3.8, 4) is 6.07 Å². The van der Waals surface area contributed by atoms with Gasteiger partial charge < -0.3 is 10.0 Å². The van der Waals surface area contributed by atoms with E-state index in [1.165, 1.54) is 0 Å². The molecule has 1 unspecified atom stereocenters. The van der Waals surface area contributed by atoms with Crippen LogP contribution in [0, 0.1) is 11.3 Å². The summed E-state index contributed by atoms with van der Waals surface area (Å²) in [4.78, 5) is 1.89. The largest absolute Gasteiger partial charge is 0.393 e. The molecular formula is C14H22N4O. The van der Waals surface area contributed by atoms with Gasteiger partial charge in [-0.2, -0.15) is 10.4 Å². The van der Waals surface area contributed by atoms with Crippen molar-refractivity contribution in [2.45, 2.75) is 46.1 Å². The first kappa shape index (κ1) is 15.4. The fourth-order valence-electron chi connectivity index (χ4n) is 2.03. The Balaban J connectivity index is 3.11. The van der Waals surface area contributed by atoms with E-state index < -0.39 is 0 Å². The molecular weight excluding hydrogens is 240 g/mol. The van der Waals surface area contributed by atoms with Gasteiger partial charge in [-0.15, -0.1) is 5.10 Å². The first-order valence-corrected chi connectivity index (χ1v) is 6.72. The Morgan fingerprint density at radius 1 is 1.32 bits per heavy atom. The first-order chi connectivity index (χ1) is 9.04. The van der Waals surface area contributed by atoms with Crippen LogP contribution in [0.5, 0.6) is 0 Å². The zero-order valence-electron chi connectivity index (χ0n) is 12.1. The van der Waals surface area contributed by atoms with Crippen LogP contribution >= 0.6 is 0 Å². The predicted molar refractivity (Wildman–Crippen MR) is 75.1 cm³/mol. The van der Waals surface area contributed by atoms with Gasteiger partial charge in [0.1, 0.15) is 11.6 Å². The third-order valence-corrected chi connectivity index (χ3v) is 3.18. The highest BCUT2D eigenvalue weighted by atomic mass is 16.3. The highest BCUT2D eigenvalue weighted by Gasteiger charge is 2.17. The van der Waals surface area contributed by atoms with Crippen LogP contribution < -0.4 is 4.90 Å². The molecule has 104 valence electrons. The lowest BCUT2D eigenvalue weighted by Crippen LogP contribution is -2.25. The number of hydrogen-bond acceptors (Lipinski definition) is 5. The van der Waals surface area contributed by atoms with E-state index in [4.69, 9.17) is 0 Å². The van der Waals surface area contributed by atoms with Crippen molar-refractivity contribution in [3.63, 3.8) is 0 Å². The van der Waals surface area contributed by atoms with Crippen molar-refractivity contribution in [2.75, 3.05) is 18.5 Å². The minimum atomic E-state index is -0.360. The lowest BCUT2D eigenvalue weighted by atomic mass is 10.0. The molecule has 1 atom stereocenters. The number of aliphatic hydroxyl groups excluding tert-OH is 1. The quantitative estimate of drug-likeness (QED) is 0.844. The Morgan fingerprint density at radius 3 is 2.47 bits per heavy atom. The summed E-state index contributed by atoms with van der Waals surface area (Å²) in [6.07, 6.45) is 1.84. The maximum absolute atomic E-state index is 9.38. The molecule has 1 N–H and O–H groups in total. The molecule has 1 rings (SSSR count). The van der Waals surface area contributed by atoms with Gasteiger partial charge in [0.05, 0.1) is 11.8 Å². The molecule has 0 aliphatic rings. The van der Waals surface area contributed by atoms with Crippen LogP contribution in [0.25, 0.3) is 0 Å². The van der Waals surface area contributed by atoms with Gasteiger partial charge in [0, 0.05) is 13.6 Å². The molecule has 0 spiro atoms. The van der Waals surface area contributed by atoms with E-state index in [1.54, 1.807) is 6.92 Å². The molecule has 1 aromatic rings. The fourth-order valence-corrected chi connectivity index (χ4v) is 2.03. The van der Waals surface area contributed by atoms with E-state index in [0.717, 1.165) is 24.1 Å². The highest BCUT2D eigenvalue weighted by molar-refractivity contribution is 5.57. The topological polar surface area (TPSA) is 73.0 Å². The Morgan fingerprint density at radius 2 is 2.00 bits per heavy atom. The van der Waals surface area contributed by atoms with Crippen molar-refractivity contribution in [1.82, 2.24) is 10.2 Å². The normalized spacial score (nSPS) is 12.0. The van der Waals surface area contributed by atoms with Crippen LogP contribution in [0.15, 0.2) is 0 Å². The van der Waals surface area contributed by atoms with Crippen molar-refractivity contribution < 1.29 is 5.11 Å². The molecule has 0 aliphatic heterocycles. The average molecular weight is 262 g/mol. The van der Waals surface area contributed by atoms with Crippen LogP contribution in [0.3, 0.4) is 0 Å². The molecule has 0 saturated heterocycles. The van der Waals surface area contributed by atoms with E-state index in [2.05, 4.69) is 16.3 Å². The number of anilines is 1. The van der Waals surface area contributed by atoms with Crippen LogP contribution in [0.4, 0.5) is 5.82 Å². The molecule has 5 nitrogen and oxygen atoms in total. The molecule has 0 fully saturated rings. The molecule has 0 amide bonds. The molecule has 1 aromatic heterocycles. The van der Waals surface area contributed by atoms with Gasteiger partial charge in [0.25, 0.3) is 0 Å². The smallest absolute Gasteiger partial charge is 0.169 e. The summed E-state index contributed by atoms with van der Waals surface area (Å²) >= 11 is 0. The summed E-state index contributed by atoms with van der Waals surface area (Å²) in [7, 11) is 1.87. The third-order valence-electron chi connectivity index (χ3n) is 3.18. The van der Waals surface area contributed by atoms with E-state index in [-0.39, 0.29) is 6.10 Å². The monoisotopic (exact) mass is 262 g/mol. The Bertz CT molecular complexity index is 465. The second-order valence-electron chi connectivity index (χ2n) is 4.70. The van der Waals surface area contributed by atoms with Crippen LogP contribution in [0.2, 0.25) is 0 Å². The summed E-state index contributed by atoms with van der Waals surface area (Å²) < 4.78 is 0. The maximum Gasteiger partial charge on any atom is 0.169 e. The standard InChI is InChI=1S/C14H22N4O/c1-5-11-12(9-15)14(17-16-13(11)6-2)18(4)8-7-10(3)19/h10,19H,5-8H2,1-4H3. The number of nitriles is 1. The molecule has 0 bridgehead atoms. The van der Waals surface area contributed by atoms with Crippen molar-refractivity contribution in [1.29, 1.82) is 5.26 Å². The van der Waals surface area contributed by atoms with Crippen molar-refractivity contribution >= 4 is 5.82 Å². The number of aliphatic hydroxyl groups is 1. The summed E-state index contributed by atoms with van der Waals surface area (Å²) in [6, 6.07) is 2.25. The van der Waals surface area contributed by atoms with Crippen LogP contribution in [-0.4, -0.2) is 35.0 Å². The van der Waals surface area contributed by atoms with Gasteiger partial charge in [-0.05, 0) is 31.7 Å². The fraction of sp³-hybridized carbons (Fsp3) is 0.643. The Labute approximate surface area is 114 Å². The second-order valence-corrected chi connectivity index (χ2v) is 4.70. The summed E-state index contributed by atoms with van der Waals surface area (Å²) in [5.74, 6) is 0.609. The molecule has 19 heavy (non-hydrogen) atoms. The third kappa shape index (κ3) is 3.65. The minimum Gasteiger partial charge on any atom is -0.393 e. The highest BCUT2D eigenvalue weighted by Crippen LogP contribution is 2.22. The van der Waals surface area contributed by atoms with Crippen LogP contribution in [-0.2, 0) is 12.8 Å². The van der Waals surface area contributed by atoms with Gasteiger partial charge in [0.2, 0.25) is 0 Å². The zero-order valence-corrected chi connectivity index (χ0v) is 12.1. The van der Waals surface area contributed by atoms with E-state index >= 15 is 0 Å². The number of aryl methyl sites for hydroxylation is 1. The molecule has 0 saturated carbocycles. The zero-order chi connectivity index (χ0) is 14.4. The molecule has 1 heterocycles. The molecule has 0 radical (unpaired) electrons. The lowest BCUT2D eigenvalue weighted by molar-refractivity contribution is 0.187. The Kier molecular flexibility index (Phi) is 5.71. The van der Waals surface area contributed by atoms with Gasteiger partial charge in [-0.25, -0.2) is 0 Å². The van der Waals surface area contributed by atoms with Gasteiger partial charge in [-0.1, -0.05) is 13.8 Å². The number of nitrogens with zero attached hydrogens (tertiary/aromatic N) is 4. The van der Waals surface area contributed by atoms with Gasteiger partial charge in [-0.3, -0.25) is 0 Å². The predicted octanol–water partition coefficient (Wildman–Crippen LogP) is 1.68. The van der Waals surface area contributed by atoms with E-state index in [9.17, 15) is 10.4 Å². The number of aromatic nitrogens is 2. The molecule has 5 heteroatoms. The minimum absolute atomic E-state index is 0.360. The lowest BCUT2D eigenvalue weighted by Gasteiger charge is -2.21. The summed E-state index contributed by atoms with van der Waals surface area (Å²) in [5.41, 5.74) is 2.49. The SMILES string of the molecule is CCc1nnc(N(C)CCC(C)O)c(C#N)c1CC. The number of hydrogen-bond donors (Lipinski definition) is 1. The van der Waals surface area contributed by atoms with Gasteiger partial charge >= 0.3 is 0 Å². The van der Waals surface area contributed by atoms with E-state index in [0.29, 0.717) is 24.3 Å². The first-order valence-electron chi connectivity index (χ1n) is 6.72. The van der Waals surface area contributed by atoms with Gasteiger partial charge in [0.15, 0.2) is 5.82 Å². The maximum atomic E-state index is 9.38. The summed E-state index contributed by atoms with van der Waals surface area (Å²) in [6.45, 7) is 6.44. The molecule has 0 aliphatic carbocycles. The average Bonchev–Trinajstić information content (AvgIpc) is 2.42. The van der Waals surface area contributed by atoms with Crippen molar-refractivity contribution in [3.05, 3.63) is 16.8 Å². The van der Waals surface area contributed by atoms with Crippen LogP contribution in [0.1, 0.15) is 44.0 Å². The Hall–Kier alpha value is -1.67. The summed E-state index contributed by atoms with van der Waals surface area (Å²) in [5, 5.41) is 27.1. The molecule has 0 aromatic carbocycles. The second kappa shape index (κ2) is 7.05. The van der Waals surface area contributed by atoms with Crippen molar-refractivity contribution in [2.24, 2.45) is 0 Å². The number of rotatable bonds is 6. The van der Waals surface area contributed by atoms with E-state index in [1.807, 2.05) is 25.8 Å².